The minimum Gasteiger partial charge on any atom is -0.591 e. The van der Waals surface area contributed by atoms with E-state index in [1.807, 2.05) is 25.1 Å². The van der Waals surface area contributed by atoms with Gasteiger partial charge in [-0.1, -0.05) is 17.7 Å². The van der Waals surface area contributed by atoms with Gasteiger partial charge in [-0.15, -0.1) is 17.5 Å². The van der Waals surface area contributed by atoms with Gasteiger partial charge in [0.1, 0.15) is 0 Å². The maximum atomic E-state index is 5.07. The quantitative estimate of drug-likeness (QED) is 0.622. The van der Waals surface area contributed by atoms with Gasteiger partial charge in [0.25, 0.3) is 0 Å². The average molecular weight is 220 g/mol. The Kier molecular flexibility index (Phi) is 2.86. The molecule has 0 fully saturated rings. The van der Waals surface area contributed by atoms with Gasteiger partial charge in [0.2, 0.25) is 0 Å². The minimum absolute atomic E-state index is 0. The Morgan fingerprint density at radius 2 is 2.18 bits per heavy atom. The predicted molar refractivity (Wildman–Crippen MR) is 39.8 cm³/mol. The topological polar surface area (TPSA) is 13.1 Å². The van der Waals surface area contributed by atoms with Crippen molar-refractivity contribution in [2.75, 3.05) is 0 Å². The van der Waals surface area contributed by atoms with Crippen molar-refractivity contribution >= 4 is 11.0 Å². The molecule has 53 valence electrons. The largest absolute Gasteiger partial charge is 0.591 e. The van der Waals surface area contributed by atoms with Crippen LogP contribution in [0.2, 0.25) is 0 Å². The zero-order chi connectivity index (χ0) is 6.97. The van der Waals surface area contributed by atoms with Crippen molar-refractivity contribution in [2.24, 2.45) is 0 Å². The Balaban J connectivity index is 0.000000605. The zero-order valence-corrected chi connectivity index (χ0v) is 9.13. The van der Waals surface area contributed by atoms with Crippen LogP contribution in [0.3, 0.4) is 0 Å². The Bertz CT molecular complexity index is 351. The number of furan rings is 1. The summed E-state index contributed by atoms with van der Waals surface area (Å²) < 4.78 is 5.07. The molecule has 0 N–H and O–H groups in total. The second kappa shape index (κ2) is 3.51. The zero-order valence-electron chi connectivity index (χ0n) is 6.29. The predicted octanol–water partition coefficient (Wildman–Crippen LogP) is 2.54. The molecule has 2 rings (SSSR count). The molecule has 0 aliphatic rings. The molecule has 0 bridgehead atoms. The van der Waals surface area contributed by atoms with Crippen LogP contribution in [0, 0.1) is 13.2 Å². The molecule has 1 nitrogen and oxygen atoms in total. The first-order valence-corrected chi connectivity index (χ1v) is 3.22. The van der Waals surface area contributed by atoms with Gasteiger partial charge in [-0.3, -0.25) is 0 Å². The minimum atomic E-state index is 0. The van der Waals surface area contributed by atoms with Gasteiger partial charge in [-0.05, 0) is 18.8 Å². The first-order valence-electron chi connectivity index (χ1n) is 3.22. The molecule has 0 aliphatic heterocycles. The summed E-state index contributed by atoms with van der Waals surface area (Å²) in [5.41, 5.74) is 2.14. The number of aryl methyl sites for hydroxylation is 1. The number of rotatable bonds is 0. The number of benzene rings is 1. The molecule has 0 saturated carbocycles. The molecule has 0 atom stereocenters. The fourth-order valence-electron chi connectivity index (χ4n) is 1.01. The normalized spacial score (nSPS) is 9.55. The average Bonchev–Trinajstić information content (AvgIpc) is 2.33. The summed E-state index contributed by atoms with van der Waals surface area (Å²) in [6.07, 6.45) is 2.69. The molecule has 1 aromatic carbocycles. The van der Waals surface area contributed by atoms with E-state index in [0.717, 1.165) is 11.0 Å². The molecule has 0 amide bonds. The summed E-state index contributed by atoms with van der Waals surface area (Å²) in [5, 5.41) is 1.12. The van der Waals surface area contributed by atoms with E-state index in [4.69, 9.17) is 4.42 Å². The first-order chi connectivity index (χ1) is 4.86. The third kappa shape index (κ3) is 1.71. The van der Waals surface area contributed by atoms with Crippen molar-refractivity contribution in [1.82, 2.24) is 0 Å². The Hall–Kier alpha value is -0.136. The van der Waals surface area contributed by atoms with E-state index in [1.54, 1.807) is 0 Å². The molecular weight excluding hydrogens is 213 g/mol. The van der Waals surface area contributed by atoms with Crippen LogP contribution in [0.25, 0.3) is 11.0 Å². The summed E-state index contributed by atoms with van der Waals surface area (Å²) in [6.45, 7) is 2.04. The second-order valence-electron chi connectivity index (χ2n) is 2.41. The first kappa shape index (κ1) is 8.96. The van der Waals surface area contributed by atoms with E-state index in [9.17, 15) is 0 Å². The Morgan fingerprint density at radius 1 is 1.36 bits per heavy atom. The van der Waals surface area contributed by atoms with E-state index >= 15 is 0 Å². The number of fused-ring (bicyclic) bond motifs is 1. The van der Waals surface area contributed by atoms with Crippen LogP contribution in [-0.2, 0) is 32.7 Å². The van der Waals surface area contributed by atoms with E-state index in [2.05, 4.69) is 12.3 Å². The molecular formula is C9H7OY-. The van der Waals surface area contributed by atoms with Crippen molar-refractivity contribution in [3.05, 3.63) is 36.1 Å². The van der Waals surface area contributed by atoms with Crippen LogP contribution < -0.4 is 0 Å². The molecule has 2 heteroatoms. The smallest absolute Gasteiger partial charge is 0 e. The van der Waals surface area contributed by atoms with Crippen LogP contribution in [-0.4, -0.2) is 0 Å². The van der Waals surface area contributed by atoms with Gasteiger partial charge < -0.3 is 4.42 Å². The van der Waals surface area contributed by atoms with Crippen LogP contribution in [0.5, 0.6) is 0 Å². The molecule has 11 heavy (non-hydrogen) atoms. The van der Waals surface area contributed by atoms with Gasteiger partial charge in [-0.25, -0.2) is 0 Å². The number of hydrogen-bond donors (Lipinski definition) is 0. The van der Waals surface area contributed by atoms with Gasteiger partial charge in [0.15, 0.2) is 0 Å². The molecule has 0 aliphatic carbocycles. The van der Waals surface area contributed by atoms with Crippen molar-refractivity contribution in [3.8, 4) is 0 Å². The molecule has 2 aromatic rings. The maximum absolute atomic E-state index is 5.07. The van der Waals surface area contributed by atoms with Crippen molar-refractivity contribution in [1.29, 1.82) is 0 Å². The van der Waals surface area contributed by atoms with Crippen LogP contribution in [0.4, 0.5) is 0 Å². The SMILES string of the molecule is Cc1ccc2c[c-]oc2c1.[Y]. The fourth-order valence-corrected chi connectivity index (χ4v) is 1.01. The fraction of sp³-hybridized carbons (Fsp3) is 0.111. The summed E-state index contributed by atoms with van der Waals surface area (Å²) in [4.78, 5) is 0. The van der Waals surface area contributed by atoms with E-state index < -0.39 is 0 Å². The molecule has 0 saturated heterocycles. The molecule has 0 unspecified atom stereocenters. The molecule has 0 spiro atoms. The molecule has 1 aromatic heterocycles. The summed E-state index contributed by atoms with van der Waals surface area (Å²) >= 11 is 0. The monoisotopic (exact) mass is 220 g/mol. The summed E-state index contributed by atoms with van der Waals surface area (Å²) in [5.74, 6) is 0. The van der Waals surface area contributed by atoms with Crippen molar-refractivity contribution in [3.63, 3.8) is 0 Å². The van der Waals surface area contributed by atoms with Crippen molar-refractivity contribution < 1.29 is 37.1 Å². The standard InChI is InChI=1S/C9H7O.Y/c1-7-2-3-8-4-5-10-9(8)6-7;/h2-4,6H,1H3;/q-1;. The van der Waals surface area contributed by atoms with Crippen LogP contribution in [0.1, 0.15) is 5.56 Å². The third-order valence-corrected chi connectivity index (χ3v) is 1.55. The van der Waals surface area contributed by atoms with Gasteiger partial charge in [-0.2, -0.15) is 0 Å². The Morgan fingerprint density at radius 3 is 3.00 bits per heavy atom. The van der Waals surface area contributed by atoms with Gasteiger partial charge >= 0.3 is 0 Å². The molecule has 1 heterocycles. The van der Waals surface area contributed by atoms with E-state index in [0.29, 0.717) is 0 Å². The second-order valence-corrected chi connectivity index (χ2v) is 2.41. The third-order valence-electron chi connectivity index (χ3n) is 1.55. The van der Waals surface area contributed by atoms with E-state index in [1.165, 1.54) is 5.56 Å². The Labute approximate surface area is 90.7 Å². The van der Waals surface area contributed by atoms with Crippen LogP contribution in [0.15, 0.2) is 28.7 Å². The summed E-state index contributed by atoms with van der Waals surface area (Å²) in [6, 6.07) is 7.94. The number of hydrogen-bond acceptors (Lipinski definition) is 1. The van der Waals surface area contributed by atoms with Crippen LogP contribution >= 0.6 is 0 Å². The molecule has 1 radical (unpaired) electrons. The van der Waals surface area contributed by atoms with E-state index in [-0.39, 0.29) is 32.7 Å². The van der Waals surface area contributed by atoms with Gasteiger partial charge in [0.05, 0.1) is 0 Å². The van der Waals surface area contributed by atoms with Crippen molar-refractivity contribution in [2.45, 2.75) is 6.92 Å². The maximum Gasteiger partial charge on any atom is 0 e. The summed E-state index contributed by atoms with van der Waals surface area (Å²) in [7, 11) is 0. The van der Waals surface area contributed by atoms with Gasteiger partial charge in [0, 0.05) is 32.7 Å².